The van der Waals surface area contributed by atoms with Crippen molar-refractivity contribution in [2.75, 3.05) is 7.11 Å². The van der Waals surface area contributed by atoms with Gasteiger partial charge in [-0.3, -0.25) is 0 Å². The highest BCUT2D eigenvalue weighted by Crippen LogP contribution is 2.47. The summed E-state index contributed by atoms with van der Waals surface area (Å²) in [6, 6.07) is 27.4. The highest BCUT2D eigenvalue weighted by Gasteiger charge is 2.30. The number of ether oxygens (including phenoxy) is 1. The van der Waals surface area contributed by atoms with Crippen LogP contribution >= 0.6 is 11.6 Å². The lowest BCUT2D eigenvalue weighted by molar-refractivity contribution is 0.414. The Balaban J connectivity index is 1.71. The monoisotopic (exact) mass is 360 g/mol. The van der Waals surface area contributed by atoms with Crippen LogP contribution in [0.15, 0.2) is 84.9 Å². The van der Waals surface area contributed by atoms with Crippen molar-refractivity contribution in [2.24, 2.45) is 0 Å². The summed E-state index contributed by atoms with van der Waals surface area (Å²) in [6.45, 7) is 0. The summed E-state index contributed by atoms with van der Waals surface area (Å²) >= 11 is 6.06. The Labute approximate surface area is 159 Å². The quantitative estimate of drug-likeness (QED) is 0.502. The third-order valence-corrected chi connectivity index (χ3v) is 5.45. The molecule has 0 aliphatic heterocycles. The molecule has 2 atom stereocenters. The van der Waals surface area contributed by atoms with Gasteiger partial charge in [-0.15, -0.1) is 0 Å². The molecule has 0 fully saturated rings. The van der Waals surface area contributed by atoms with Gasteiger partial charge in [-0.1, -0.05) is 72.3 Å². The molecule has 0 unspecified atom stereocenters. The van der Waals surface area contributed by atoms with Crippen LogP contribution in [0.25, 0.3) is 5.57 Å². The first-order chi connectivity index (χ1) is 12.7. The smallest absolute Gasteiger partial charge is 0.118 e. The standard InChI is InChI=1S/C24H21ClO/c1-26-22-13-9-19(10-14-22)24-16-20(17-7-11-21(25)12-8-17)15-23(24)18-5-3-2-4-6-18/h2-15,23-24H,16H2,1H3/t23-,24+/m1/s1. The summed E-state index contributed by atoms with van der Waals surface area (Å²) in [5.41, 5.74) is 5.35. The summed E-state index contributed by atoms with van der Waals surface area (Å²) in [6.07, 6.45) is 3.45. The van der Waals surface area contributed by atoms with E-state index >= 15 is 0 Å². The van der Waals surface area contributed by atoms with Crippen molar-refractivity contribution in [2.45, 2.75) is 18.3 Å². The van der Waals surface area contributed by atoms with Crippen LogP contribution in [0.2, 0.25) is 5.02 Å². The van der Waals surface area contributed by atoms with Gasteiger partial charge in [0.25, 0.3) is 0 Å². The fraction of sp³-hybridized carbons (Fsp3) is 0.167. The number of hydrogen-bond acceptors (Lipinski definition) is 1. The van der Waals surface area contributed by atoms with E-state index in [4.69, 9.17) is 16.3 Å². The van der Waals surface area contributed by atoms with E-state index in [-0.39, 0.29) is 0 Å². The molecular weight excluding hydrogens is 340 g/mol. The van der Waals surface area contributed by atoms with Crippen molar-refractivity contribution in [3.63, 3.8) is 0 Å². The first kappa shape index (κ1) is 16.9. The van der Waals surface area contributed by atoms with E-state index in [9.17, 15) is 0 Å². The third kappa shape index (κ3) is 3.40. The van der Waals surface area contributed by atoms with Crippen LogP contribution in [0.4, 0.5) is 0 Å². The van der Waals surface area contributed by atoms with E-state index in [2.05, 4.69) is 72.8 Å². The van der Waals surface area contributed by atoms with E-state index in [0.29, 0.717) is 11.8 Å². The van der Waals surface area contributed by atoms with Crippen molar-refractivity contribution in [3.05, 3.63) is 107 Å². The van der Waals surface area contributed by atoms with Gasteiger partial charge in [-0.25, -0.2) is 0 Å². The highest BCUT2D eigenvalue weighted by molar-refractivity contribution is 6.30. The second-order valence-electron chi connectivity index (χ2n) is 6.72. The molecule has 26 heavy (non-hydrogen) atoms. The molecule has 0 saturated heterocycles. The number of allylic oxidation sites excluding steroid dienone is 2. The van der Waals surface area contributed by atoms with Crippen LogP contribution < -0.4 is 4.74 Å². The molecule has 1 aliphatic carbocycles. The fourth-order valence-corrected chi connectivity index (χ4v) is 3.95. The Morgan fingerprint density at radius 2 is 1.50 bits per heavy atom. The lowest BCUT2D eigenvalue weighted by Crippen LogP contribution is -2.05. The molecule has 0 N–H and O–H groups in total. The average molecular weight is 361 g/mol. The largest absolute Gasteiger partial charge is 0.497 e. The van der Waals surface area contributed by atoms with Gasteiger partial charge in [0.05, 0.1) is 7.11 Å². The van der Waals surface area contributed by atoms with Crippen molar-refractivity contribution >= 4 is 17.2 Å². The minimum absolute atomic E-state index is 0.371. The van der Waals surface area contributed by atoms with Crippen molar-refractivity contribution < 1.29 is 4.74 Å². The predicted molar refractivity (Wildman–Crippen MR) is 109 cm³/mol. The first-order valence-corrected chi connectivity index (χ1v) is 9.28. The maximum absolute atomic E-state index is 6.06. The SMILES string of the molecule is COc1ccc([C@@H]2CC(c3ccc(Cl)cc3)=C[C@@H]2c2ccccc2)cc1. The molecule has 0 heterocycles. The van der Waals surface area contributed by atoms with E-state index in [0.717, 1.165) is 17.2 Å². The maximum Gasteiger partial charge on any atom is 0.118 e. The van der Waals surface area contributed by atoms with Gasteiger partial charge >= 0.3 is 0 Å². The molecule has 0 saturated carbocycles. The predicted octanol–water partition coefficient (Wildman–Crippen LogP) is 6.70. The van der Waals surface area contributed by atoms with Crippen molar-refractivity contribution in [3.8, 4) is 5.75 Å². The zero-order chi connectivity index (χ0) is 17.9. The second-order valence-corrected chi connectivity index (χ2v) is 7.16. The van der Waals surface area contributed by atoms with Crippen LogP contribution in [0.3, 0.4) is 0 Å². The molecule has 0 spiro atoms. The minimum Gasteiger partial charge on any atom is -0.497 e. The van der Waals surface area contributed by atoms with Crippen LogP contribution in [-0.4, -0.2) is 7.11 Å². The fourth-order valence-electron chi connectivity index (χ4n) is 3.82. The van der Waals surface area contributed by atoms with Gasteiger partial charge in [-0.05, 0) is 58.9 Å². The van der Waals surface area contributed by atoms with E-state index < -0.39 is 0 Å². The molecular formula is C24H21ClO. The Morgan fingerprint density at radius 3 is 2.15 bits per heavy atom. The second kappa shape index (κ2) is 7.39. The molecule has 0 radical (unpaired) electrons. The highest BCUT2D eigenvalue weighted by atomic mass is 35.5. The van der Waals surface area contributed by atoms with E-state index in [1.165, 1.54) is 22.3 Å². The Hall–Kier alpha value is -2.51. The molecule has 0 bridgehead atoms. The number of hydrogen-bond donors (Lipinski definition) is 0. The van der Waals surface area contributed by atoms with Gasteiger partial charge in [-0.2, -0.15) is 0 Å². The van der Waals surface area contributed by atoms with Gasteiger partial charge in [0.2, 0.25) is 0 Å². The zero-order valence-corrected chi connectivity index (χ0v) is 15.5. The molecule has 130 valence electrons. The normalized spacial score (nSPS) is 19.2. The van der Waals surface area contributed by atoms with Crippen LogP contribution in [0, 0.1) is 0 Å². The van der Waals surface area contributed by atoms with E-state index in [1.807, 2.05) is 12.1 Å². The van der Waals surface area contributed by atoms with Crippen LogP contribution in [0.5, 0.6) is 5.75 Å². The molecule has 2 heteroatoms. The summed E-state index contributed by atoms with van der Waals surface area (Å²) < 4.78 is 5.32. The number of benzene rings is 3. The zero-order valence-electron chi connectivity index (χ0n) is 14.7. The van der Waals surface area contributed by atoms with Gasteiger partial charge < -0.3 is 4.74 Å². The van der Waals surface area contributed by atoms with Crippen LogP contribution in [0.1, 0.15) is 34.9 Å². The summed E-state index contributed by atoms with van der Waals surface area (Å²) in [5, 5.41) is 0.777. The summed E-state index contributed by atoms with van der Waals surface area (Å²) in [4.78, 5) is 0. The summed E-state index contributed by atoms with van der Waals surface area (Å²) in [7, 11) is 1.71. The molecule has 3 aromatic carbocycles. The molecule has 1 aliphatic rings. The molecule has 0 aromatic heterocycles. The topological polar surface area (TPSA) is 9.23 Å². The minimum atomic E-state index is 0.371. The first-order valence-electron chi connectivity index (χ1n) is 8.90. The lowest BCUT2D eigenvalue weighted by Gasteiger charge is -2.20. The van der Waals surface area contributed by atoms with Gasteiger partial charge in [0.15, 0.2) is 0 Å². The van der Waals surface area contributed by atoms with Gasteiger partial charge in [0, 0.05) is 10.9 Å². The maximum atomic E-state index is 6.06. The Bertz CT molecular complexity index is 895. The average Bonchev–Trinajstić information content (AvgIpc) is 3.15. The summed E-state index contributed by atoms with van der Waals surface area (Å²) in [5.74, 6) is 1.69. The Morgan fingerprint density at radius 1 is 0.808 bits per heavy atom. The van der Waals surface area contributed by atoms with Gasteiger partial charge in [0.1, 0.15) is 5.75 Å². The Kier molecular flexibility index (Phi) is 4.81. The van der Waals surface area contributed by atoms with Crippen LogP contribution in [-0.2, 0) is 0 Å². The number of halogens is 1. The number of methoxy groups -OCH3 is 1. The van der Waals surface area contributed by atoms with Crippen molar-refractivity contribution in [1.29, 1.82) is 0 Å². The number of rotatable bonds is 4. The van der Waals surface area contributed by atoms with Crippen molar-refractivity contribution in [1.82, 2.24) is 0 Å². The molecule has 1 nitrogen and oxygen atoms in total. The molecule has 4 rings (SSSR count). The lowest BCUT2D eigenvalue weighted by atomic mass is 9.83. The van der Waals surface area contributed by atoms with E-state index in [1.54, 1.807) is 7.11 Å². The third-order valence-electron chi connectivity index (χ3n) is 5.20. The molecule has 3 aromatic rings. The molecule has 0 amide bonds.